The highest BCUT2D eigenvalue weighted by molar-refractivity contribution is 5.81. The number of aliphatic hydroxyl groups excluding tert-OH is 1. The number of hydrogen-bond donors (Lipinski definition) is 2. The monoisotopic (exact) mass is 235 g/mol. The standard InChI is InChI=1S/C14H21NO2/c1-14(2,3)13(17)15-12(10-16)9-11-7-5-4-6-8-11/h4-8,12,16H,9-10H2,1-3H3,(H,15,17)/t12-/m0/s1. The van der Waals surface area contributed by atoms with Gasteiger partial charge in [0.2, 0.25) is 5.91 Å². The van der Waals surface area contributed by atoms with Gasteiger partial charge in [0.1, 0.15) is 0 Å². The molecule has 0 fully saturated rings. The second-order valence-electron chi connectivity index (χ2n) is 5.29. The molecule has 1 atom stereocenters. The fourth-order valence-corrected chi connectivity index (χ4v) is 1.46. The van der Waals surface area contributed by atoms with Gasteiger partial charge in [-0.3, -0.25) is 4.79 Å². The number of hydrogen-bond acceptors (Lipinski definition) is 2. The summed E-state index contributed by atoms with van der Waals surface area (Å²) in [6, 6.07) is 9.62. The molecule has 0 aromatic heterocycles. The summed E-state index contributed by atoms with van der Waals surface area (Å²) in [6.45, 7) is 5.54. The molecular weight excluding hydrogens is 214 g/mol. The molecule has 2 N–H and O–H groups in total. The van der Waals surface area contributed by atoms with Crippen molar-refractivity contribution in [2.45, 2.75) is 33.2 Å². The van der Waals surface area contributed by atoms with E-state index in [0.717, 1.165) is 5.56 Å². The number of rotatable bonds is 4. The number of carbonyl (C=O) groups excluding carboxylic acids is 1. The van der Waals surface area contributed by atoms with Crippen LogP contribution in [0.25, 0.3) is 0 Å². The van der Waals surface area contributed by atoms with Gasteiger partial charge in [0.15, 0.2) is 0 Å². The van der Waals surface area contributed by atoms with Crippen molar-refractivity contribution in [3.8, 4) is 0 Å². The number of nitrogens with one attached hydrogen (secondary N) is 1. The van der Waals surface area contributed by atoms with Gasteiger partial charge in [-0.15, -0.1) is 0 Å². The molecule has 0 saturated carbocycles. The van der Waals surface area contributed by atoms with Gasteiger partial charge in [0, 0.05) is 5.41 Å². The van der Waals surface area contributed by atoms with Gasteiger partial charge in [-0.25, -0.2) is 0 Å². The SMILES string of the molecule is CC(C)(C)C(=O)N[C@H](CO)Cc1ccccc1. The van der Waals surface area contributed by atoms with Gasteiger partial charge in [-0.05, 0) is 12.0 Å². The number of amides is 1. The van der Waals surface area contributed by atoms with E-state index in [9.17, 15) is 9.90 Å². The van der Waals surface area contributed by atoms with E-state index >= 15 is 0 Å². The van der Waals surface area contributed by atoms with Crippen molar-refractivity contribution in [3.05, 3.63) is 35.9 Å². The van der Waals surface area contributed by atoms with Crippen LogP contribution in [0.15, 0.2) is 30.3 Å². The molecule has 0 unspecified atom stereocenters. The quantitative estimate of drug-likeness (QED) is 0.835. The summed E-state index contributed by atoms with van der Waals surface area (Å²) < 4.78 is 0. The van der Waals surface area contributed by atoms with Crippen LogP contribution in [-0.2, 0) is 11.2 Å². The lowest BCUT2D eigenvalue weighted by Gasteiger charge is -2.23. The molecule has 3 heteroatoms. The first-order valence-corrected chi connectivity index (χ1v) is 5.89. The molecule has 0 aliphatic rings. The first-order chi connectivity index (χ1) is 7.93. The van der Waals surface area contributed by atoms with Crippen LogP contribution in [0.5, 0.6) is 0 Å². The van der Waals surface area contributed by atoms with Crippen molar-refractivity contribution in [1.29, 1.82) is 0 Å². The molecule has 1 aromatic rings. The molecule has 0 heterocycles. The number of benzene rings is 1. The Balaban J connectivity index is 2.59. The van der Waals surface area contributed by atoms with Gasteiger partial charge < -0.3 is 10.4 Å². The third-order valence-corrected chi connectivity index (χ3v) is 2.56. The number of carbonyl (C=O) groups is 1. The lowest BCUT2D eigenvalue weighted by molar-refractivity contribution is -0.129. The lowest BCUT2D eigenvalue weighted by Crippen LogP contribution is -2.44. The maximum atomic E-state index is 11.8. The average Bonchev–Trinajstić information content (AvgIpc) is 2.28. The summed E-state index contributed by atoms with van der Waals surface area (Å²) >= 11 is 0. The summed E-state index contributed by atoms with van der Waals surface area (Å²) in [6.07, 6.45) is 0.652. The van der Waals surface area contributed by atoms with Gasteiger partial charge in [0.05, 0.1) is 12.6 Å². The van der Waals surface area contributed by atoms with Crippen LogP contribution in [-0.4, -0.2) is 23.7 Å². The molecule has 0 radical (unpaired) electrons. The van der Waals surface area contributed by atoms with Crippen LogP contribution in [0.2, 0.25) is 0 Å². The van der Waals surface area contributed by atoms with Crippen LogP contribution >= 0.6 is 0 Å². The van der Waals surface area contributed by atoms with E-state index in [-0.39, 0.29) is 18.6 Å². The van der Waals surface area contributed by atoms with E-state index < -0.39 is 5.41 Å². The molecule has 1 rings (SSSR count). The van der Waals surface area contributed by atoms with Crippen LogP contribution in [0.3, 0.4) is 0 Å². The number of aliphatic hydroxyl groups is 1. The van der Waals surface area contributed by atoms with E-state index in [1.165, 1.54) is 0 Å². The molecule has 0 spiro atoms. The normalized spacial score (nSPS) is 13.2. The maximum absolute atomic E-state index is 11.8. The molecule has 1 aromatic carbocycles. The zero-order valence-electron chi connectivity index (χ0n) is 10.7. The molecule has 0 aliphatic carbocycles. The lowest BCUT2D eigenvalue weighted by atomic mass is 9.94. The van der Waals surface area contributed by atoms with Gasteiger partial charge in [-0.1, -0.05) is 51.1 Å². The van der Waals surface area contributed by atoms with Crippen molar-refractivity contribution >= 4 is 5.91 Å². The minimum atomic E-state index is -0.426. The van der Waals surface area contributed by atoms with Crippen molar-refractivity contribution < 1.29 is 9.90 Å². The Bertz CT molecular complexity index is 354. The minimum absolute atomic E-state index is 0.0347. The Kier molecular flexibility index (Phi) is 4.70. The summed E-state index contributed by atoms with van der Waals surface area (Å²) in [7, 11) is 0. The molecule has 0 aliphatic heterocycles. The summed E-state index contributed by atoms with van der Waals surface area (Å²) in [5.74, 6) is -0.0347. The van der Waals surface area contributed by atoms with Crippen molar-refractivity contribution in [2.24, 2.45) is 5.41 Å². The van der Waals surface area contributed by atoms with E-state index in [0.29, 0.717) is 6.42 Å². The van der Waals surface area contributed by atoms with Crippen LogP contribution < -0.4 is 5.32 Å². The highest BCUT2D eigenvalue weighted by Crippen LogP contribution is 2.13. The third-order valence-electron chi connectivity index (χ3n) is 2.56. The topological polar surface area (TPSA) is 49.3 Å². The van der Waals surface area contributed by atoms with Crippen LogP contribution in [0.4, 0.5) is 0 Å². The van der Waals surface area contributed by atoms with Gasteiger partial charge >= 0.3 is 0 Å². The fraction of sp³-hybridized carbons (Fsp3) is 0.500. The molecule has 0 bridgehead atoms. The van der Waals surface area contributed by atoms with Crippen molar-refractivity contribution in [1.82, 2.24) is 5.32 Å². The maximum Gasteiger partial charge on any atom is 0.225 e. The Labute approximate surface area is 103 Å². The highest BCUT2D eigenvalue weighted by atomic mass is 16.3. The second kappa shape index (κ2) is 5.82. The minimum Gasteiger partial charge on any atom is -0.394 e. The van der Waals surface area contributed by atoms with Crippen molar-refractivity contribution in [3.63, 3.8) is 0 Å². The Morgan fingerprint density at radius 2 is 1.88 bits per heavy atom. The Hall–Kier alpha value is -1.35. The third kappa shape index (κ3) is 4.57. The summed E-state index contributed by atoms with van der Waals surface area (Å²) in [5.41, 5.74) is 0.685. The average molecular weight is 235 g/mol. The predicted octanol–water partition coefficient (Wildman–Crippen LogP) is 1.75. The van der Waals surface area contributed by atoms with E-state index in [2.05, 4.69) is 5.32 Å². The second-order valence-corrected chi connectivity index (χ2v) is 5.29. The van der Waals surface area contributed by atoms with Gasteiger partial charge in [-0.2, -0.15) is 0 Å². The Morgan fingerprint density at radius 3 is 2.35 bits per heavy atom. The predicted molar refractivity (Wildman–Crippen MR) is 68.6 cm³/mol. The summed E-state index contributed by atoms with van der Waals surface area (Å²) in [5, 5.41) is 12.2. The van der Waals surface area contributed by atoms with Crippen LogP contribution in [0, 0.1) is 5.41 Å². The Morgan fingerprint density at radius 1 is 1.29 bits per heavy atom. The molecule has 1 amide bonds. The zero-order valence-corrected chi connectivity index (χ0v) is 10.7. The summed E-state index contributed by atoms with van der Waals surface area (Å²) in [4.78, 5) is 11.8. The molecule has 3 nitrogen and oxygen atoms in total. The smallest absolute Gasteiger partial charge is 0.225 e. The molecule has 94 valence electrons. The van der Waals surface area contributed by atoms with E-state index in [1.807, 2.05) is 51.1 Å². The van der Waals surface area contributed by atoms with Crippen molar-refractivity contribution in [2.75, 3.05) is 6.61 Å². The first-order valence-electron chi connectivity index (χ1n) is 5.89. The molecule has 17 heavy (non-hydrogen) atoms. The largest absolute Gasteiger partial charge is 0.394 e. The molecular formula is C14H21NO2. The van der Waals surface area contributed by atoms with E-state index in [4.69, 9.17) is 0 Å². The zero-order chi connectivity index (χ0) is 12.9. The highest BCUT2D eigenvalue weighted by Gasteiger charge is 2.23. The van der Waals surface area contributed by atoms with Crippen LogP contribution in [0.1, 0.15) is 26.3 Å². The fourth-order valence-electron chi connectivity index (χ4n) is 1.46. The van der Waals surface area contributed by atoms with E-state index in [1.54, 1.807) is 0 Å². The molecule has 0 saturated heterocycles. The first kappa shape index (κ1) is 13.7. The van der Waals surface area contributed by atoms with Gasteiger partial charge in [0.25, 0.3) is 0 Å².